The van der Waals surface area contributed by atoms with Crippen LogP contribution in [0.4, 0.5) is 5.69 Å². The van der Waals surface area contributed by atoms with Crippen molar-refractivity contribution in [2.75, 3.05) is 39.7 Å². The van der Waals surface area contributed by atoms with Gasteiger partial charge in [-0.1, -0.05) is 6.07 Å². The van der Waals surface area contributed by atoms with Gasteiger partial charge in [0.1, 0.15) is 0 Å². The molecule has 0 amide bonds. The molecular formula is C21H28N4O3S. The lowest BCUT2D eigenvalue weighted by Crippen LogP contribution is -2.45. The third-order valence-electron chi connectivity index (χ3n) is 4.96. The number of thiocarbonyl (C=S) groups is 1. The average molecular weight is 417 g/mol. The van der Waals surface area contributed by atoms with Crippen molar-refractivity contribution in [1.29, 1.82) is 0 Å². The summed E-state index contributed by atoms with van der Waals surface area (Å²) in [6.45, 7) is 2.92. The summed E-state index contributed by atoms with van der Waals surface area (Å²) >= 11 is 5.51. The quantitative estimate of drug-likeness (QED) is 0.668. The monoisotopic (exact) mass is 416 g/mol. The van der Waals surface area contributed by atoms with Gasteiger partial charge in [-0.3, -0.25) is 9.88 Å². The molecular weight excluding hydrogens is 388 g/mol. The lowest BCUT2D eigenvalue weighted by molar-refractivity contribution is 0.197. The molecule has 0 radical (unpaired) electrons. The molecule has 0 unspecified atom stereocenters. The molecule has 0 saturated carbocycles. The van der Waals surface area contributed by atoms with Gasteiger partial charge in [-0.2, -0.15) is 0 Å². The summed E-state index contributed by atoms with van der Waals surface area (Å²) in [5.41, 5.74) is 1.89. The van der Waals surface area contributed by atoms with Crippen LogP contribution in [0.25, 0.3) is 0 Å². The Hall–Kier alpha value is -2.58. The van der Waals surface area contributed by atoms with Gasteiger partial charge in [0, 0.05) is 49.7 Å². The van der Waals surface area contributed by atoms with E-state index >= 15 is 0 Å². The topological polar surface area (TPSA) is 67.9 Å². The zero-order valence-corrected chi connectivity index (χ0v) is 17.9. The lowest BCUT2D eigenvalue weighted by atomic mass is 10.1. The second kappa shape index (κ2) is 10.3. The van der Waals surface area contributed by atoms with E-state index in [1.54, 1.807) is 21.3 Å². The van der Waals surface area contributed by atoms with Gasteiger partial charge in [-0.15, -0.1) is 0 Å². The summed E-state index contributed by atoms with van der Waals surface area (Å²) in [6.07, 6.45) is 3.91. The zero-order chi connectivity index (χ0) is 20.6. The van der Waals surface area contributed by atoms with E-state index in [0.717, 1.165) is 43.9 Å². The minimum absolute atomic E-state index is 0.344. The van der Waals surface area contributed by atoms with Gasteiger partial charge in [0.25, 0.3) is 0 Å². The van der Waals surface area contributed by atoms with Gasteiger partial charge >= 0.3 is 0 Å². The number of nitrogens with zero attached hydrogens (tertiary/aromatic N) is 2. The van der Waals surface area contributed by atoms with Crippen molar-refractivity contribution >= 4 is 23.0 Å². The second-order valence-corrected chi connectivity index (χ2v) is 7.29. The minimum atomic E-state index is 0.344. The van der Waals surface area contributed by atoms with Crippen molar-refractivity contribution in [1.82, 2.24) is 15.2 Å². The first-order chi connectivity index (χ1) is 14.1. The molecule has 8 heteroatoms. The Kier molecular flexibility index (Phi) is 7.48. The Labute approximate surface area is 177 Å². The Bertz CT molecular complexity index is 786. The van der Waals surface area contributed by atoms with Crippen molar-refractivity contribution in [3.8, 4) is 17.2 Å². The number of hydrogen-bond acceptors (Lipinski definition) is 6. The number of likely N-dealkylation sites (tertiary alicyclic amines) is 1. The summed E-state index contributed by atoms with van der Waals surface area (Å²) < 4.78 is 16.1. The number of pyridine rings is 1. The van der Waals surface area contributed by atoms with Crippen molar-refractivity contribution in [3.05, 3.63) is 42.2 Å². The van der Waals surface area contributed by atoms with Gasteiger partial charge in [0.15, 0.2) is 16.6 Å². The van der Waals surface area contributed by atoms with E-state index < -0.39 is 0 Å². The fourth-order valence-electron chi connectivity index (χ4n) is 3.46. The van der Waals surface area contributed by atoms with E-state index in [-0.39, 0.29) is 0 Å². The number of hydrogen-bond donors (Lipinski definition) is 2. The van der Waals surface area contributed by atoms with E-state index in [9.17, 15) is 0 Å². The van der Waals surface area contributed by atoms with Crippen molar-refractivity contribution < 1.29 is 14.2 Å². The summed E-state index contributed by atoms with van der Waals surface area (Å²) in [4.78, 5) is 6.84. The van der Waals surface area contributed by atoms with Crippen LogP contribution in [0.1, 0.15) is 18.5 Å². The summed E-state index contributed by atoms with van der Waals surface area (Å²) in [7, 11) is 4.77. The van der Waals surface area contributed by atoms with E-state index in [0.29, 0.717) is 28.4 Å². The average Bonchev–Trinajstić information content (AvgIpc) is 2.75. The van der Waals surface area contributed by atoms with Crippen LogP contribution in [0.2, 0.25) is 0 Å². The number of rotatable bonds is 7. The minimum Gasteiger partial charge on any atom is -0.493 e. The molecule has 1 aliphatic heterocycles. The molecule has 1 saturated heterocycles. The first kappa shape index (κ1) is 21.1. The maximum Gasteiger partial charge on any atom is 0.203 e. The van der Waals surface area contributed by atoms with Gasteiger partial charge in [-0.05, 0) is 37.2 Å². The van der Waals surface area contributed by atoms with Gasteiger partial charge < -0.3 is 24.8 Å². The van der Waals surface area contributed by atoms with E-state index in [2.05, 4.69) is 26.6 Å². The van der Waals surface area contributed by atoms with Crippen molar-refractivity contribution in [2.24, 2.45) is 0 Å². The van der Waals surface area contributed by atoms with Gasteiger partial charge in [0.05, 0.1) is 27.0 Å². The first-order valence-electron chi connectivity index (χ1n) is 9.62. The largest absolute Gasteiger partial charge is 0.493 e. The highest BCUT2D eigenvalue weighted by molar-refractivity contribution is 7.80. The van der Waals surface area contributed by atoms with E-state index in [1.165, 1.54) is 0 Å². The highest BCUT2D eigenvalue weighted by atomic mass is 32.1. The number of piperidine rings is 1. The Morgan fingerprint density at radius 2 is 1.79 bits per heavy atom. The number of methoxy groups -OCH3 is 3. The number of nitrogens with one attached hydrogen (secondary N) is 2. The molecule has 0 aliphatic carbocycles. The molecule has 3 rings (SSSR count). The molecule has 2 N–H and O–H groups in total. The zero-order valence-electron chi connectivity index (χ0n) is 17.1. The van der Waals surface area contributed by atoms with Gasteiger partial charge in [0.2, 0.25) is 5.75 Å². The van der Waals surface area contributed by atoms with Crippen molar-refractivity contribution in [2.45, 2.75) is 25.4 Å². The molecule has 156 valence electrons. The SMILES string of the molecule is COc1cc(NC(=S)NC2CCN(Cc3ccccn3)CC2)cc(OC)c1OC. The van der Waals surface area contributed by atoms with Crippen LogP contribution in [-0.2, 0) is 6.54 Å². The molecule has 29 heavy (non-hydrogen) atoms. The number of benzene rings is 1. The highest BCUT2D eigenvalue weighted by Crippen LogP contribution is 2.39. The maximum absolute atomic E-state index is 5.51. The smallest absolute Gasteiger partial charge is 0.203 e. The number of ether oxygens (including phenoxy) is 3. The van der Waals surface area contributed by atoms with Crippen LogP contribution in [0, 0.1) is 0 Å². The molecule has 1 aliphatic rings. The maximum atomic E-state index is 5.51. The predicted molar refractivity (Wildman–Crippen MR) is 118 cm³/mol. The third-order valence-corrected chi connectivity index (χ3v) is 5.18. The summed E-state index contributed by atoms with van der Waals surface area (Å²) in [6, 6.07) is 10.1. The molecule has 0 spiro atoms. The van der Waals surface area contributed by atoms with Crippen LogP contribution in [0.5, 0.6) is 17.2 Å². The normalized spacial score (nSPS) is 14.9. The van der Waals surface area contributed by atoms with Crippen LogP contribution in [-0.4, -0.2) is 55.5 Å². The fraction of sp³-hybridized carbons (Fsp3) is 0.429. The van der Waals surface area contributed by atoms with Crippen LogP contribution in [0.3, 0.4) is 0 Å². The third kappa shape index (κ3) is 5.71. The van der Waals surface area contributed by atoms with Crippen LogP contribution in [0.15, 0.2) is 36.5 Å². The first-order valence-corrected chi connectivity index (χ1v) is 10.0. The summed E-state index contributed by atoms with van der Waals surface area (Å²) in [5, 5.41) is 7.23. The fourth-order valence-corrected chi connectivity index (χ4v) is 3.75. The van der Waals surface area contributed by atoms with Crippen LogP contribution >= 0.6 is 12.2 Å². The Morgan fingerprint density at radius 1 is 1.10 bits per heavy atom. The van der Waals surface area contributed by atoms with Gasteiger partial charge in [-0.25, -0.2) is 0 Å². The molecule has 1 aromatic carbocycles. The molecule has 2 heterocycles. The molecule has 1 fully saturated rings. The summed E-state index contributed by atoms with van der Waals surface area (Å²) in [5.74, 6) is 1.72. The standard InChI is InChI=1S/C21H28N4O3S/c1-26-18-12-17(13-19(27-2)20(18)28-3)24-21(29)23-15-7-10-25(11-8-15)14-16-6-4-5-9-22-16/h4-6,9,12-13,15H,7-8,10-11,14H2,1-3H3,(H2,23,24,29). The highest BCUT2D eigenvalue weighted by Gasteiger charge is 2.20. The molecule has 0 bridgehead atoms. The number of aromatic nitrogens is 1. The molecule has 1 aromatic heterocycles. The van der Waals surface area contributed by atoms with Crippen LogP contribution < -0.4 is 24.8 Å². The second-order valence-electron chi connectivity index (χ2n) is 6.88. The Morgan fingerprint density at radius 3 is 2.34 bits per heavy atom. The molecule has 7 nitrogen and oxygen atoms in total. The molecule has 2 aromatic rings. The predicted octanol–water partition coefficient (Wildman–Crippen LogP) is 3.06. The Balaban J connectivity index is 1.51. The van der Waals surface area contributed by atoms with E-state index in [1.807, 2.05) is 30.5 Å². The van der Waals surface area contributed by atoms with E-state index in [4.69, 9.17) is 26.4 Å². The van der Waals surface area contributed by atoms with Crippen molar-refractivity contribution in [3.63, 3.8) is 0 Å². The number of anilines is 1. The molecule has 0 atom stereocenters. The lowest BCUT2D eigenvalue weighted by Gasteiger charge is -2.32.